The second-order valence-electron chi connectivity index (χ2n) is 5.81. The van der Waals surface area contributed by atoms with Crippen molar-refractivity contribution in [3.63, 3.8) is 0 Å². The first-order valence-corrected chi connectivity index (χ1v) is 6.15. The van der Waals surface area contributed by atoms with Crippen LogP contribution < -0.4 is 0 Å². The van der Waals surface area contributed by atoms with E-state index in [1.165, 1.54) is 25.7 Å². The van der Waals surface area contributed by atoms with Gasteiger partial charge in [-0.05, 0) is 55.3 Å². The number of rotatable bonds is 1. The fraction of sp³-hybridized carbons (Fsp3) is 0.846. The number of hydrogen-bond donors (Lipinski definition) is 0. The Morgan fingerprint density at radius 3 is 2.50 bits per heavy atom. The maximum atomic E-state index is 5.68. The minimum atomic E-state index is 0.668. The average Bonchev–Trinajstić information content (AvgIpc) is 2.72. The highest BCUT2D eigenvalue weighted by atomic mass is 16.6. The summed E-state index contributed by atoms with van der Waals surface area (Å²) in [5.41, 5.74) is 0. The maximum absolute atomic E-state index is 5.68. The molecule has 2 unspecified atom stereocenters. The van der Waals surface area contributed by atoms with Crippen LogP contribution in [0.25, 0.3) is 0 Å². The lowest BCUT2D eigenvalue weighted by atomic mass is 9.67. The van der Waals surface area contributed by atoms with Crippen molar-refractivity contribution in [2.24, 2.45) is 29.6 Å². The molecule has 1 aliphatic heterocycles. The quantitative estimate of drug-likeness (QED) is 0.457. The molecule has 0 aromatic carbocycles. The van der Waals surface area contributed by atoms with Crippen LogP contribution in [0.1, 0.15) is 25.7 Å². The Labute approximate surface area is 85.5 Å². The minimum absolute atomic E-state index is 0.668. The Kier molecular flexibility index (Phi) is 1.38. The highest BCUT2D eigenvalue weighted by Crippen LogP contribution is 2.62. The number of allylic oxidation sites excluding steroid dienone is 1. The fourth-order valence-corrected chi connectivity index (χ4v) is 4.77. The SMILES string of the molecule is C=C[C@H]1C[C@H]2C[C@@H]1C1C[C@H]3O[C@H]3CC12. The molecule has 3 aliphatic carbocycles. The molecule has 0 radical (unpaired) electrons. The molecule has 76 valence electrons. The van der Waals surface area contributed by atoms with Gasteiger partial charge in [-0.1, -0.05) is 6.08 Å². The molecular formula is C13H18O. The summed E-state index contributed by atoms with van der Waals surface area (Å²) in [6, 6.07) is 0. The Hall–Kier alpha value is -0.300. The largest absolute Gasteiger partial charge is 0.370 e. The summed E-state index contributed by atoms with van der Waals surface area (Å²) in [7, 11) is 0. The fourth-order valence-electron chi connectivity index (χ4n) is 4.77. The monoisotopic (exact) mass is 190 g/mol. The van der Waals surface area contributed by atoms with Crippen molar-refractivity contribution in [2.75, 3.05) is 0 Å². The van der Waals surface area contributed by atoms with Crippen LogP contribution in [0.3, 0.4) is 0 Å². The molecule has 0 spiro atoms. The van der Waals surface area contributed by atoms with Crippen molar-refractivity contribution in [2.45, 2.75) is 37.9 Å². The molecule has 1 heteroatoms. The van der Waals surface area contributed by atoms with E-state index >= 15 is 0 Å². The third kappa shape index (κ3) is 0.850. The number of epoxide rings is 1. The van der Waals surface area contributed by atoms with Crippen LogP contribution in [0, 0.1) is 29.6 Å². The van der Waals surface area contributed by atoms with Gasteiger partial charge in [0.25, 0.3) is 0 Å². The lowest BCUT2D eigenvalue weighted by Gasteiger charge is -2.36. The molecule has 0 amide bonds. The second kappa shape index (κ2) is 2.44. The van der Waals surface area contributed by atoms with E-state index in [2.05, 4.69) is 12.7 Å². The maximum Gasteiger partial charge on any atom is 0.0844 e. The van der Waals surface area contributed by atoms with Crippen LogP contribution in [0.2, 0.25) is 0 Å². The van der Waals surface area contributed by atoms with Gasteiger partial charge >= 0.3 is 0 Å². The smallest absolute Gasteiger partial charge is 0.0844 e. The lowest BCUT2D eigenvalue weighted by Crippen LogP contribution is -2.32. The molecule has 4 aliphatic rings. The first kappa shape index (κ1) is 7.92. The predicted octanol–water partition coefficient (Wildman–Crippen LogP) is 2.62. The van der Waals surface area contributed by atoms with Crippen molar-refractivity contribution >= 4 is 0 Å². The summed E-state index contributed by atoms with van der Waals surface area (Å²) in [6.45, 7) is 4.00. The third-order valence-corrected chi connectivity index (χ3v) is 5.40. The van der Waals surface area contributed by atoms with E-state index in [-0.39, 0.29) is 0 Å². The van der Waals surface area contributed by atoms with Crippen LogP contribution in [-0.4, -0.2) is 12.2 Å². The highest BCUT2D eigenvalue weighted by Gasteiger charge is 2.59. The Morgan fingerprint density at radius 2 is 1.71 bits per heavy atom. The highest BCUT2D eigenvalue weighted by molar-refractivity contribution is 5.10. The van der Waals surface area contributed by atoms with Gasteiger partial charge in [0.1, 0.15) is 0 Å². The summed E-state index contributed by atoms with van der Waals surface area (Å²) in [5.74, 6) is 4.88. The summed E-state index contributed by atoms with van der Waals surface area (Å²) in [5, 5.41) is 0. The molecule has 1 saturated heterocycles. The summed E-state index contributed by atoms with van der Waals surface area (Å²) < 4.78 is 5.68. The van der Waals surface area contributed by atoms with Gasteiger partial charge in [0, 0.05) is 0 Å². The molecule has 14 heavy (non-hydrogen) atoms. The van der Waals surface area contributed by atoms with Gasteiger partial charge < -0.3 is 4.74 Å². The van der Waals surface area contributed by atoms with Gasteiger partial charge in [-0.25, -0.2) is 0 Å². The molecule has 0 N–H and O–H groups in total. The number of hydrogen-bond acceptors (Lipinski definition) is 1. The van der Waals surface area contributed by atoms with E-state index in [1.54, 1.807) is 0 Å². The average molecular weight is 190 g/mol. The zero-order chi connectivity index (χ0) is 9.28. The summed E-state index contributed by atoms with van der Waals surface area (Å²) >= 11 is 0. The zero-order valence-corrected chi connectivity index (χ0v) is 8.56. The molecule has 1 nitrogen and oxygen atoms in total. The third-order valence-electron chi connectivity index (χ3n) is 5.40. The molecular weight excluding hydrogens is 172 g/mol. The second-order valence-corrected chi connectivity index (χ2v) is 5.81. The van der Waals surface area contributed by atoms with E-state index < -0.39 is 0 Å². The van der Waals surface area contributed by atoms with Gasteiger partial charge in [0.15, 0.2) is 0 Å². The molecule has 0 aromatic rings. The van der Waals surface area contributed by atoms with Gasteiger partial charge in [-0.15, -0.1) is 6.58 Å². The zero-order valence-electron chi connectivity index (χ0n) is 8.56. The van der Waals surface area contributed by atoms with Crippen molar-refractivity contribution in [3.05, 3.63) is 12.7 Å². The van der Waals surface area contributed by atoms with Crippen molar-refractivity contribution in [3.8, 4) is 0 Å². The molecule has 7 atom stereocenters. The molecule has 1 heterocycles. The summed E-state index contributed by atoms with van der Waals surface area (Å²) in [4.78, 5) is 0. The van der Waals surface area contributed by atoms with E-state index in [9.17, 15) is 0 Å². The van der Waals surface area contributed by atoms with E-state index in [0.717, 1.165) is 29.6 Å². The van der Waals surface area contributed by atoms with Crippen LogP contribution in [-0.2, 0) is 4.74 Å². The van der Waals surface area contributed by atoms with E-state index in [1.807, 2.05) is 0 Å². The topological polar surface area (TPSA) is 12.5 Å². The predicted molar refractivity (Wildman–Crippen MR) is 54.8 cm³/mol. The minimum Gasteiger partial charge on any atom is -0.370 e. The van der Waals surface area contributed by atoms with E-state index in [4.69, 9.17) is 4.74 Å². The first-order chi connectivity index (χ1) is 6.86. The molecule has 3 saturated carbocycles. The normalized spacial score (nSPS) is 63.3. The van der Waals surface area contributed by atoms with Crippen LogP contribution in [0.15, 0.2) is 12.7 Å². The van der Waals surface area contributed by atoms with Crippen LogP contribution >= 0.6 is 0 Å². The van der Waals surface area contributed by atoms with Gasteiger partial charge in [0.05, 0.1) is 12.2 Å². The van der Waals surface area contributed by atoms with Crippen LogP contribution in [0.4, 0.5) is 0 Å². The lowest BCUT2D eigenvalue weighted by molar-refractivity contribution is 0.148. The molecule has 0 aromatic heterocycles. The van der Waals surface area contributed by atoms with Gasteiger partial charge in [0.2, 0.25) is 0 Å². The first-order valence-electron chi connectivity index (χ1n) is 6.15. The van der Waals surface area contributed by atoms with E-state index in [0.29, 0.717) is 12.2 Å². The summed E-state index contributed by atoms with van der Waals surface area (Å²) in [6.07, 6.45) is 9.28. The standard InChI is InChI=1S/C13H18O/c1-2-7-3-8-4-9(7)11-6-13-12(14-13)5-10(8)11/h2,7-13H,1,3-6H2/t7-,8-,9-,10?,11?,12-,13+/m0/s1. The van der Waals surface area contributed by atoms with Crippen LogP contribution in [0.5, 0.6) is 0 Å². The Bertz CT molecular complexity index is 285. The molecule has 4 rings (SSSR count). The van der Waals surface area contributed by atoms with Gasteiger partial charge in [-0.3, -0.25) is 0 Å². The number of fused-ring (bicyclic) bond motifs is 6. The molecule has 4 fully saturated rings. The Morgan fingerprint density at radius 1 is 0.929 bits per heavy atom. The van der Waals surface area contributed by atoms with Gasteiger partial charge in [-0.2, -0.15) is 0 Å². The number of ether oxygens (including phenoxy) is 1. The Balaban J connectivity index is 1.63. The van der Waals surface area contributed by atoms with Crippen molar-refractivity contribution in [1.29, 1.82) is 0 Å². The molecule has 2 bridgehead atoms. The van der Waals surface area contributed by atoms with Crippen molar-refractivity contribution < 1.29 is 4.74 Å². The van der Waals surface area contributed by atoms with Crippen molar-refractivity contribution in [1.82, 2.24) is 0 Å².